The third-order valence-electron chi connectivity index (χ3n) is 4.21. The monoisotopic (exact) mass is 327 g/mol. The summed E-state index contributed by atoms with van der Waals surface area (Å²) in [5, 5.41) is 0. The zero-order valence-electron chi connectivity index (χ0n) is 15.1. The van der Waals surface area contributed by atoms with Crippen molar-refractivity contribution in [2.75, 3.05) is 0 Å². The first-order chi connectivity index (χ1) is 11.3. The summed E-state index contributed by atoms with van der Waals surface area (Å²) in [6.07, 6.45) is 20.4. The Morgan fingerprint density at radius 2 is 1.13 bits per heavy atom. The molecule has 0 aliphatic rings. The molecule has 0 spiro atoms. The maximum Gasteiger partial charge on any atom is 0.332 e. The van der Waals surface area contributed by atoms with E-state index in [9.17, 15) is 9.59 Å². The van der Waals surface area contributed by atoms with Gasteiger partial charge in [0.25, 0.3) is 0 Å². The van der Waals surface area contributed by atoms with Gasteiger partial charge in [0.15, 0.2) is 0 Å². The smallest absolute Gasteiger partial charge is 0.332 e. The summed E-state index contributed by atoms with van der Waals surface area (Å²) in [6.45, 7) is 2.27. The Morgan fingerprint density at radius 1 is 0.739 bits per heavy atom. The van der Waals surface area contributed by atoms with Crippen molar-refractivity contribution >= 4 is 12.4 Å². The first-order valence-electron chi connectivity index (χ1n) is 9.70. The standard InChI is InChI=1S/C19H37NO3/c1-2-3-4-5-6-7-8-9-10-11-12-13-14-15-16-17-19(22)23-20-18-21/h18H,2-17H2,1H3,(H,20,21). The number of hydrogen-bond acceptors (Lipinski definition) is 3. The Kier molecular flexibility index (Phi) is 18.1. The highest BCUT2D eigenvalue weighted by Crippen LogP contribution is 2.13. The van der Waals surface area contributed by atoms with E-state index in [1.807, 2.05) is 5.48 Å². The summed E-state index contributed by atoms with van der Waals surface area (Å²) >= 11 is 0. The summed E-state index contributed by atoms with van der Waals surface area (Å²) in [6, 6.07) is 0. The van der Waals surface area contributed by atoms with Crippen molar-refractivity contribution in [3.8, 4) is 0 Å². The highest BCUT2D eigenvalue weighted by Gasteiger charge is 2.01. The summed E-state index contributed by atoms with van der Waals surface area (Å²) in [5.41, 5.74) is 1.92. The lowest BCUT2D eigenvalue weighted by Crippen LogP contribution is -2.17. The van der Waals surface area contributed by atoms with E-state index < -0.39 is 0 Å². The van der Waals surface area contributed by atoms with E-state index >= 15 is 0 Å². The van der Waals surface area contributed by atoms with E-state index in [4.69, 9.17) is 0 Å². The SMILES string of the molecule is CCCCCCCCCCCCCCCCCC(=O)ONC=O. The molecule has 0 aliphatic carbocycles. The molecule has 0 aromatic carbocycles. The van der Waals surface area contributed by atoms with Crippen LogP contribution < -0.4 is 5.48 Å². The van der Waals surface area contributed by atoms with Gasteiger partial charge in [0.05, 0.1) is 0 Å². The molecule has 0 heterocycles. The molecule has 0 fully saturated rings. The van der Waals surface area contributed by atoms with Gasteiger partial charge < -0.3 is 4.84 Å². The lowest BCUT2D eigenvalue weighted by atomic mass is 10.0. The number of unbranched alkanes of at least 4 members (excludes halogenated alkanes) is 14. The van der Waals surface area contributed by atoms with Gasteiger partial charge in [0.1, 0.15) is 0 Å². The molecule has 0 unspecified atom stereocenters. The molecule has 4 heteroatoms. The molecule has 0 radical (unpaired) electrons. The number of hydroxylamine groups is 1. The van der Waals surface area contributed by atoms with Crippen LogP contribution >= 0.6 is 0 Å². The van der Waals surface area contributed by atoms with E-state index in [0.717, 1.165) is 12.8 Å². The van der Waals surface area contributed by atoms with Crippen LogP contribution in [-0.2, 0) is 14.4 Å². The molecular formula is C19H37NO3. The second kappa shape index (κ2) is 19.0. The van der Waals surface area contributed by atoms with Crippen molar-refractivity contribution in [2.45, 2.75) is 110 Å². The molecule has 0 saturated heterocycles. The van der Waals surface area contributed by atoms with Crippen LogP contribution in [0.1, 0.15) is 110 Å². The molecule has 0 saturated carbocycles. The molecule has 136 valence electrons. The van der Waals surface area contributed by atoms with Crippen LogP contribution in [0.25, 0.3) is 0 Å². The van der Waals surface area contributed by atoms with Gasteiger partial charge in [-0.1, -0.05) is 96.8 Å². The van der Waals surface area contributed by atoms with Crippen LogP contribution in [0.3, 0.4) is 0 Å². The molecule has 0 atom stereocenters. The first-order valence-corrected chi connectivity index (χ1v) is 9.70. The summed E-state index contributed by atoms with van der Waals surface area (Å²) in [4.78, 5) is 25.5. The van der Waals surface area contributed by atoms with Crippen LogP contribution in [0.5, 0.6) is 0 Å². The molecule has 0 aromatic heterocycles. The van der Waals surface area contributed by atoms with Gasteiger partial charge in [-0.3, -0.25) is 4.79 Å². The van der Waals surface area contributed by atoms with Gasteiger partial charge in [0, 0.05) is 6.42 Å². The number of rotatable bonds is 18. The van der Waals surface area contributed by atoms with Crippen LogP contribution in [0.2, 0.25) is 0 Å². The fraction of sp³-hybridized carbons (Fsp3) is 0.895. The quantitative estimate of drug-likeness (QED) is 0.207. The molecule has 0 rings (SSSR count). The Balaban J connectivity index is 3.05. The summed E-state index contributed by atoms with van der Waals surface area (Å²) in [7, 11) is 0. The van der Waals surface area contributed by atoms with Gasteiger partial charge in [0.2, 0.25) is 6.41 Å². The predicted octanol–water partition coefficient (Wildman–Crippen LogP) is 5.45. The summed E-state index contributed by atoms with van der Waals surface area (Å²) in [5.74, 6) is -0.355. The lowest BCUT2D eigenvalue weighted by molar-refractivity contribution is -0.154. The number of nitrogens with one attached hydrogen (secondary N) is 1. The van der Waals surface area contributed by atoms with Crippen molar-refractivity contribution in [1.29, 1.82) is 0 Å². The van der Waals surface area contributed by atoms with Crippen molar-refractivity contribution in [3.05, 3.63) is 0 Å². The van der Waals surface area contributed by atoms with E-state index in [0.29, 0.717) is 12.8 Å². The molecular weight excluding hydrogens is 290 g/mol. The highest BCUT2D eigenvalue weighted by molar-refractivity contribution is 5.69. The minimum Gasteiger partial charge on any atom is -0.341 e. The van der Waals surface area contributed by atoms with Gasteiger partial charge in [-0.15, -0.1) is 0 Å². The second-order valence-electron chi connectivity index (χ2n) is 6.41. The van der Waals surface area contributed by atoms with Crippen LogP contribution in [0, 0.1) is 0 Å². The number of carbonyl (C=O) groups excluding carboxylic acids is 2. The third kappa shape index (κ3) is 18.9. The molecule has 0 aliphatic heterocycles. The predicted molar refractivity (Wildman–Crippen MR) is 94.8 cm³/mol. The second-order valence-corrected chi connectivity index (χ2v) is 6.41. The molecule has 1 N–H and O–H groups in total. The van der Waals surface area contributed by atoms with Gasteiger partial charge in [-0.2, -0.15) is 5.48 Å². The van der Waals surface area contributed by atoms with Crippen molar-refractivity contribution in [3.63, 3.8) is 0 Å². The van der Waals surface area contributed by atoms with E-state index in [2.05, 4.69) is 11.8 Å². The average molecular weight is 328 g/mol. The normalized spacial score (nSPS) is 10.5. The van der Waals surface area contributed by atoms with Gasteiger partial charge in [-0.05, 0) is 6.42 Å². The Hall–Kier alpha value is -1.06. The fourth-order valence-corrected chi connectivity index (χ4v) is 2.78. The molecule has 1 amide bonds. The van der Waals surface area contributed by atoms with E-state index in [1.165, 1.54) is 83.5 Å². The minimum absolute atomic E-state index is 0.355. The minimum atomic E-state index is -0.355. The third-order valence-corrected chi connectivity index (χ3v) is 4.21. The maximum atomic E-state index is 11.1. The van der Waals surface area contributed by atoms with Crippen LogP contribution in [0.4, 0.5) is 0 Å². The van der Waals surface area contributed by atoms with Gasteiger partial charge in [-0.25, -0.2) is 4.79 Å². The maximum absolute atomic E-state index is 11.1. The Labute approximate surface area is 142 Å². The Morgan fingerprint density at radius 3 is 1.52 bits per heavy atom. The van der Waals surface area contributed by atoms with Gasteiger partial charge >= 0.3 is 5.97 Å². The number of carbonyl (C=O) groups is 2. The zero-order chi connectivity index (χ0) is 17.0. The molecule has 23 heavy (non-hydrogen) atoms. The lowest BCUT2D eigenvalue weighted by Gasteiger charge is -2.03. The fourth-order valence-electron chi connectivity index (χ4n) is 2.78. The number of hydrogen-bond donors (Lipinski definition) is 1. The molecule has 0 aromatic rings. The first kappa shape index (κ1) is 21.9. The van der Waals surface area contributed by atoms with Crippen molar-refractivity contribution in [1.82, 2.24) is 5.48 Å². The largest absolute Gasteiger partial charge is 0.341 e. The van der Waals surface area contributed by atoms with E-state index in [1.54, 1.807) is 0 Å². The zero-order valence-corrected chi connectivity index (χ0v) is 15.1. The molecule has 4 nitrogen and oxygen atoms in total. The van der Waals surface area contributed by atoms with Crippen LogP contribution in [-0.4, -0.2) is 12.4 Å². The average Bonchev–Trinajstić information content (AvgIpc) is 2.56. The molecule has 0 bridgehead atoms. The summed E-state index contributed by atoms with van der Waals surface area (Å²) < 4.78 is 0. The van der Waals surface area contributed by atoms with Crippen molar-refractivity contribution in [2.24, 2.45) is 0 Å². The topological polar surface area (TPSA) is 55.4 Å². The van der Waals surface area contributed by atoms with Crippen LogP contribution in [0.15, 0.2) is 0 Å². The van der Waals surface area contributed by atoms with Crippen molar-refractivity contribution < 1.29 is 14.4 Å². The number of amides is 1. The highest BCUT2D eigenvalue weighted by atomic mass is 16.7. The van der Waals surface area contributed by atoms with E-state index in [-0.39, 0.29) is 5.97 Å². The Bertz CT molecular complexity index is 269.